The number of piperidine rings is 1. The van der Waals surface area contributed by atoms with Gasteiger partial charge in [0, 0.05) is 18.8 Å². The molecule has 1 aliphatic rings. The van der Waals surface area contributed by atoms with Crippen molar-refractivity contribution in [3.05, 3.63) is 29.6 Å². The molecule has 0 aliphatic carbocycles. The Morgan fingerprint density at radius 1 is 1.32 bits per heavy atom. The zero-order valence-corrected chi connectivity index (χ0v) is 11.6. The minimum atomic E-state index is -0.319. The number of rotatable bonds is 3. The van der Waals surface area contributed by atoms with E-state index in [1.807, 2.05) is 11.8 Å². The van der Waals surface area contributed by atoms with Crippen molar-refractivity contribution >= 4 is 11.6 Å². The molecule has 0 bridgehead atoms. The van der Waals surface area contributed by atoms with Crippen LogP contribution in [-0.2, 0) is 4.79 Å². The average Bonchev–Trinajstić information content (AvgIpc) is 2.43. The first-order chi connectivity index (χ1) is 9.08. The molecule has 1 amide bonds. The van der Waals surface area contributed by atoms with Gasteiger partial charge in [-0.2, -0.15) is 0 Å². The van der Waals surface area contributed by atoms with Crippen molar-refractivity contribution in [3.63, 3.8) is 0 Å². The van der Waals surface area contributed by atoms with E-state index in [-0.39, 0.29) is 17.8 Å². The predicted octanol–water partition coefficient (Wildman–Crippen LogP) is 2.95. The molecule has 1 aromatic rings. The second-order valence-corrected chi connectivity index (χ2v) is 5.22. The molecule has 1 unspecified atom stereocenters. The zero-order valence-electron chi connectivity index (χ0n) is 11.6. The van der Waals surface area contributed by atoms with Crippen LogP contribution in [0.4, 0.5) is 10.1 Å². The van der Waals surface area contributed by atoms with Gasteiger partial charge in [0.15, 0.2) is 0 Å². The number of likely N-dealkylation sites (tertiary alicyclic amines) is 1. The quantitative estimate of drug-likeness (QED) is 0.910. The SMILES string of the molecule is Cc1ccc(NC(C)C(=O)N2CCCCC2)cc1F. The summed E-state index contributed by atoms with van der Waals surface area (Å²) in [5.74, 6) is -0.150. The third kappa shape index (κ3) is 3.46. The summed E-state index contributed by atoms with van der Waals surface area (Å²) in [6, 6.07) is 4.64. The van der Waals surface area contributed by atoms with Gasteiger partial charge in [-0.05, 0) is 50.8 Å². The number of nitrogens with zero attached hydrogens (tertiary/aromatic N) is 1. The number of amides is 1. The number of hydrogen-bond acceptors (Lipinski definition) is 2. The normalized spacial score (nSPS) is 17.1. The maximum atomic E-state index is 13.5. The van der Waals surface area contributed by atoms with Crippen LogP contribution in [0, 0.1) is 12.7 Å². The minimum Gasteiger partial charge on any atom is -0.374 e. The fourth-order valence-electron chi connectivity index (χ4n) is 2.38. The molecule has 19 heavy (non-hydrogen) atoms. The average molecular weight is 264 g/mol. The summed E-state index contributed by atoms with van der Waals surface area (Å²) >= 11 is 0. The zero-order chi connectivity index (χ0) is 13.8. The molecule has 3 nitrogen and oxygen atoms in total. The molecular weight excluding hydrogens is 243 g/mol. The number of aryl methyl sites for hydroxylation is 1. The Morgan fingerprint density at radius 3 is 2.63 bits per heavy atom. The van der Waals surface area contributed by atoms with Crippen LogP contribution in [0.2, 0.25) is 0 Å². The van der Waals surface area contributed by atoms with Crippen LogP contribution in [0.15, 0.2) is 18.2 Å². The lowest BCUT2D eigenvalue weighted by atomic mass is 10.1. The molecule has 0 radical (unpaired) electrons. The summed E-state index contributed by atoms with van der Waals surface area (Å²) in [5, 5.41) is 3.08. The molecule has 2 rings (SSSR count). The standard InChI is InChI=1S/C15H21FN2O/c1-11-6-7-13(10-14(11)16)17-12(2)15(19)18-8-4-3-5-9-18/h6-7,10,12,17H,3-5,8-9H2,1-2H3. The van der Waals surface area contributed by atoms with E-state index in [1.165, 1.54) is 12.5 Å². The number of anilines is 1. The molecule has 1 heterocycles. The fourth-order valence-corrected chi connectivity index (χ4v) is 2.38. The lowest BCUT2D eigenvalue weighted by molar-refractivity contribution is -0.132. The van der Waals surface area contributed by atoms with E-state index in [1.54, 1.807) is 19.1 Å². The Morgan fingerprint density at radius 2 is 2.00 bits per heavy atom. The lowest BCUT2D eigenvalue weighted by Crippen LogP contribution is -2.43. The van der Waals surface area contributed by atoms with Crippen molar-refractivity contribution < 1.29 is 9.18 Å². The molecular formula is C15H21FN2O. The van der Waals surface area contributed by atoms with Crippen LogP contribution >= 0.6 is 0 Å². The Kier molecular flexibility index (Phi) is 4.40. The maximum absolute atomic E-state index is 13.5. The van der Waals surface area contributed by atoms with Gasteiger partial charge in [-0.15, -0.1) is 0 Å². The predicted molar refractivity (Wildman–Crippen MR) is 74.7 cm³/mol. The number of hydrogen-bond donors (Lipinski definition) is 1. The van der Waals surface area contributed by atoms with Gasteiger partial charge < -0.3 is 10.2 Å². The highest BCUT2D eigenvalue weighted by molar-refractivity contribution is 5.84. The minimum absolute atomic E-state index is 0.0979. The van der Waals surface area contributed by atoms with Gasteiger partial charge in [0.05, 0.1) is 0 Å². The Bertz CT molecular complexity index is 455. The molecule has 0 spiro atoms. The van der Waals surface area contributed by atoms with Crippen LogP contribution in [-0.4, -0.2) is 29.9 Å². The van der Waals surface area contributed by atoms with E-state index in [4.69, 9.17) is 0 Å². The van der Waals surface area contributed by atoms with Crippen LogP contribution in [0.3, 0.4) is 0 Å². The Balaban J connectivity index is 1.97. The van der Waals surface area contributed by atoms with Gasteiger partial charge in [-0.3, -0.25) is 4.79 Å². The van der Waals surface area contributed by atoms with Crippen LogP contribution in [0.25, 0.3) is 0 Å². The first-order valence-electron chi connectivity index (χ1n) is 6.89. The molecule has 1 fully saturated rings. The van der Waals surface area contributed by atoms with Gasteiger partial charge in [0.25, 0.3) is 0 Å². The summed E-state index contributed by atoms with van der Waals surface area (Å²) in [6.07, 6.45) is 3.37. The van der Waals surface area contributed by atoms with Gasteiger partial charge in [-0.25, -0.2) is 4.39 Å². The molecule has 1 aromatic carbocycles. The maximum Gasteiger partial charge on any atom is 0.244 e. The van der Waals surface area contributed by atoms with Crippen LogP contribution in [0.1, 0.15) is 31.7 Å². The Labute approximate surface area is 113 Å². The van der Waals surface area contributed by atoms with E-state index < -0.39 is 0 Å². The van der Waals surface area contributed by atoms with E-state index in [9.17, 15) is 9.18 Å². The molecule has 1 aliphatic heterocycles. The Hall–Kier alpha value is -1.58. The summed E-state index contributed by atoms with van der Waals surface area (Å²) in [5.41, 5.74) is 1.27. The first-order valence-corrected chi connectivity index (χ1v) is 6.89. The second kappa shape index (κ2) is 6.04. The molecule has 0 aromatic heterocycles. The number of benzene rings is 1. The molecule has 0 saturated carbocycles. The van der Waals surface area contributed by atoms with Crippen LogP contribution < -0.4 is 5.32 Å². The summed E-state index contributed by atoms with van der Waals surface area (Å²) in [4.78, 5) is 14.1. The van der Waals surface area contributed by atoms with Crippen molar-refractivity contribution in [3.8, 4) is 0 Å². The second-order valence-electron chi connectivity index (χ2n) is 5.22. The van der Waals surface area contributed by atoms with E-state index in [0.29, 0.717) is 11.3 Å². The molecule has 104 valence electrons. The third-order valence-electron chi connectivity index (χ3n) is 3.59. The van der Waals surface area contributed by atoms with Gasteiger partial charge in [-0.1, -0.05) is 6.07 Å². The molecule has 1 N–H and O–H groups in total. The largest absolute Gasteiger partial charge is 0.374 e. The summed E-state index contributed by atoms with van der Waals surface area (Å²) in [6.45, 7) is 5.23. The summed E-state index contributed by atoms with van der Waals surface area (Å²) < 4.78 is 13.5. The number of carbonyl (C=O) groups is 1. The first kappa shape index (κ1) is 13.8. The van der Waals surface area contributed by atoms with Crippen LogP contribution in [0.5, 0.6) is 0 Å². The molecule has 4 heteroatoms. The van der Waals surface area contributed by atoms with E-state index >= 15 is 0 Å². The third-order valence-corrected chi connectivity index (χ3v) is 3.59. The summed E-state index contributed by atoms with van der Waals surface area (Å²) in [7, 11) is 0. The highest BCUT2D eigenvalue weighted by atomic mass is 19.1. The number of carbonyl (C=O) groups excluding carboxylic acids is 1. The molecule has 1 atom stereocenters. The molecule has 1 saturated heterocycles. The number of nitrogens with one attached hydrogen (secondary N) is 1. The van der Waals surface area contributed by atoms with Crippen molar-refractivity contribution in [2.24, 2.45) is 0 Å². The van der Waals surface area contributed by atoms with Crippen molar-refractivity contribution in [1.82, 2.24) is 4.90 Å². The van der Waals surface area contributed by atoms with E-state index in [2.05, 4.69) is 5.32 Å². The van der Waals surface area contributed by atoms with Crippen molar-refractivity contribution in [2.75, 3.05) is 18.4 Å². The number of halogens is 1. The topological polar surface area (TPSA) is 32.3 Å². The lowest BCUT2D eigenvalue weighted by Gasteiger charge is -2.29. The van der Waals surface area contributed by atoms with Gasteiger partial charge >= 0.3 is 0 Å². The highest BCUT2D eigenvalue weighted by Crippen LogP contribution is 2.16. The van der Waals surface area contributed by atoms with E-state index in [0.717, 1.165) is 25.9 Å². The van der Waals surface area contributed by atoms with Crippen molar-refractivity contribution in [2.45, 2.75) is 39.2 Å². The fraction of sp³-hybridized carbons (Fsp3) is 0.533. The smallest absolute Gasteiger partial charge is 0.244 e. The van der Waals surface area contributed by atoms with Gasteiger partial charge in [0.1, 0.15) is 11.9 Å². The highest BCUT2D eigenvalue weighted by Gasteiger charge is 2.21. The van der Waals surface area contributed by atoms with Crippen molar-refractivity contribution in [1.29, 1.82) is 0 Å². The monoisotopic (exact) mass is 264 g/mol. The van der Waals surface area contributed by atoms with Gasteiger partial charge in [0.2, 0.25) is 5.91 Å².